The summed E-state index contributed by atoms with van der Waals surface area (Å²) in [6.45, 7) is 4.73. The van der Waals surface area contributed by atoms with Crippen LogP contribution in [0, 0.1) is 6.92 Å². The van der Waals surface area contributed by atoms with Gasteiger partial charge >= 0.3 is 0 Å². The molecule has 0 radical (unpaired) electrons. The number of para-hydroxylation sites is 1. The standard InChI is InChI=1S/C26H32N2O2/c1-20-25(19-29-17-16-27-22-12-6-3-7-13-22)28-24-15-9-8-14-23(24)26(20)30-18-21-10-4-2-5-11-21/h2,4-5,8-11,14-15,22,27H,3,6-7,12-13,16-19H2,1H3. The molecule has 4 rings (SSSR count). The minimum absolute atomic E-state index is 0.505. The van der Waals surface area contributed by atoms with Crippen LogP contribution in [-0.2, 0) is 18.0 Å². The fourth-order valence-electron chi connectivity index (χ4n) is 4.19. The van der Waals surface area contributed by atoms with Crippen molar-refractivity contribution in [1.29, 1.82) is 0 Å². The largest absolute Gasteiger partial charge is 0.488 e. The molecule has 0 atom stereocenters. The minimum atomic E-state index is 0.505. The van der Waals surface area contributed by atoms with Crippen molar-refractivity contribution in [3.05, 3.63) is 71.4 Å². The van der Waals surface area contributed by atoms with Crippen molar-refractivity contribution in [2.45, 2.75) is 58.3 Å². The maximum Gasteiger partial charge on any atom is 0.134 e. The summed E-state index contributed by atoms with van der Waals surface area (Å²) in [5.41, 5.74) is 4.12. The molecule has 1 N–H and O–H groups in total. The second kappa shape index (κ2) is 10.6. The molecule has 0 bridgehead atoms. The molecule has 0 spiro atoms. The Bertz CT molecular complexity index is 936. The highest BCUT2D eigenvalue weighted by Crippen LogP contribution is 2.31. The summed E-state index contributed by atoms with van der Waals surface area (Å²) in [6.07, 6.45) is 6.69. The van der Waals surface area contributed by atoms with Crippen molar-refractivity contribution in [3.63, 3.8) is 0 Å². The SMILES string of the molecule is Cc1c(COCCNC2CCCCC2)nc2ccccc2c1OCc1ccccc1. The van der Waals surface area contributed by atoms with Gasteiger partial charge in [-0.25, -0.2) is 4.98 Å². The Morgan fingerprint density at radius 3 is 2.53 bits per heavy atom. The van der Waals surface area contributed by atoms with E-state index in [4.69, 9.17) is 14.5 Å². The van der Waals surface area contributed by atoms with E-state index in [-0.39, 0.29) is 0 Å². The van der Waals surface area contributed by atoms with Gasteiger partial charge in [0.2, 0.25) is 0 Å². The lowest BCUT2D eigenvalue weighted by atomic mass is 9.96. The molecule has 0 saturated heterocycles. The van der Waals surface area contributed by atoms with Crippen molar-refractivity contribution in [2.24, 2.45) is 0 Å². The number of fused-ring (bicyclic) bond motifs is 1. The Kier molecular flexibility index (Phi) is 7.33. The lowest BCUT2D eigenvalue weighted by Crippen LogP contribution is -2.33. The lowest BCUT2D eigenvalue weighted by Gasteiger charge is -2.22. The van der Waals surface area contributed by atoms with E-state index < -0.39 is 0 Å². The van der Waals surface area contributed by atoms with E-state index in [9.17, 15) is 0 Å². The van der Waals surface area contributed by atoms with Crippen LogP contribution in [0.15, 0.2) is 54.6 Å². The Morgan fingerprint density at radius 1 is 0.933 bits per heavy atom. The maximum absolute atomic E-state index is 6.28. The Balaban J connectivity index is 1.40. The summed E-state index contributed by atoms with van der Waals surface area (Å²) in [5.74, 6) is 0.906. The van der Waals surface area contributed by atoms with Gasteiger partial charge in [0.15, 0.2) is 0 Å². The van der Waals surface area contributed by atoms with Gasteiger partial charge in [0.25, 0.3) is 0 Å². The van der Waals surface area contributed by atoms with E-state index in [1.807, 2.05) is 36.4 Å². The van der Waals surface area contributed by atoms with Crippen LogP contribution >= 0.6 is 0 Å². The normalized spacial score (nSPS) is 14.8. The third-order valence-corrected chi connectivity index (χ3v) is 5.93. The zero-order valence-corrected chi connectivity index (χ0v) is 17.9. The molecule has 0 unspecified atom stereocenters. The summed E-state index contributed by atoms with van der Waals surface area (Å²) < 4.78 is 12.3. The van der Waals surface area contributed by atoms with Gasteiger partial charge in [-0.1, -0.05) is 61.7 Å². The van der Waals surface area contributed by atoms with Crippen LogP contribution in [0.2, 0.25) is 0 Å². The number of benzene rings is 2. The summed E-state index contributed by atoms with van der Waals surface area (Å²) in [6, 6.07) is 19.1. The van der Waals surface area contributed by atoms with Gasteiger partial charge in [-0.05, 0) is 37.5 Å². The van der Waals surface area contributed by atoms with E-state index in [2.05, 4.69) is 30.4 Å². The fourth-order valence-corrected chi connectivity index (χ4v) is 4.19. The first-order chi connectivity index (χ1) is 14.8. The Labute approximate surface area is 179 Å². The molecule has 1 aromatic heterocycles. The van der Waals surface area contributed by atoms with Crippen LogP contribution in [0.4, 0.5) is 0 Å². The van der Waals surface area contributed by atoms with Gasteiger partial charge < -0.3 is 14.8 Å². The van der Waals surface area contributed by atoms with Crippen LogP contribution in [0.5, 0.6) is 5.75 Å². The first-order valence-corrected chi connectivity index (χ1v) is 11.2. The highest BCUT2D eigenvalue weighted by atomic mass is 16.5. The van der Waals surface area contributed by atoms with Gasteiger partial charge in [0, 0.05) is 23.5 Å². The molecular weight excluding hydrogens is 372 g/mol. The zero-order chi connectivity index (χ0) is 20.6. The van der Waals surface area contributed by atoms with Gasteiger partial charge in [-0.15, -0.1) is 0 Å². The summed E-state index contributed by atoms with van der Waals surface area (Å²) in [4.78, 5) is 4.85. The van der Waals surface area contributed by atoms with Crippen molar-refractivity contribution in [2.75, 3.05) is 13.2 Å². The maximum atomic E-state index is 6.28. The van der Waals surface area contributed by atoms with E-state index in [1.54, 1.807) is 0 Å². The molecule has 4 nitrogen and oxygen atoms in total. The monoisotopic (exact) mass is 404 g/mol. The topological polar surface area (TPSA) is 43.4 Å². The Morgan fingerprint density at radius 2 is 1.70 bits per heavy atom. The van der Waals surface area contributed by atoms with Gasteiger partial charge in [0.05, 0.1) is 24.4 Å². The highest BCUT2D eigenvalue weighted by molar-refractivity contribution is 5.86. The number of pyridine rings is 1. The molecule has 0 amide bonds. The van der Waals surface area contributed by atoms with E-state index in [0.29, 0.717) is 25.9 Å². The van der Waals surface area contributed by atoms with E-state index >= 15 is 0 Å². The number of nitrogens with one attached hydrogen (secondary N) is 1. The van der Waals surface area contributed by atoms with Crippen LogP contribution in [-0.4, -0.2) is 24.2 Å². The molecule has 1 aliphatic carbocycles. The van der Waals surface area contributed by atoms with Crippen molar-refractivity contribution in [1.82, 2.24) is 10.3 Å². The van der Waals surface area contributed by atoms with Crippen LogP contribution in [0.1, 0.15) is 48.9 Å². The van der Waals surface area contributed by atoms with Crippen LogP contribution < -0.4 is 10.1 Å². The molecule has 4 heteroatoms. The van der Waals surface area contributed by atoms with E-state index in [1.165, 1.54) is 32.1 Å². The molecular formula is C26H32N2O2. The van der Waals surface area contributed by atoms with Crippen molar-refractivity contribution < 1.29 is 9.47 Å². The van der Waals surface area contributed by atoms with Crippen molar-refractivity contribution in [3.8, 4) is 5.75 Å². The summed E-state index contributed by atoms with van der Waals surface area (Å²) in [5, 5.41) is 4.68. The van der Waals surface area contributed by atoms with Gasteiger partial charge in [0.1, 0.15) is 12.4 Å². The third kappa shape index (κ3) is 5.38. The number of ether oxygens (including phenoxy) is 2. The third-order valence-electron chi connectivity index (χ3n) is 5.93. The Hall–Kier alpha value is -2.43. The minimum Gasteiger partial charge on any atom is -0.488 e. The summed E-state index contributed by atoms with van der Waals surface area (Å²) in [7, 11) is 0. The predicted molar refractivity (Wildman–Crippen MR) is 122 cm³/mol. The van der Waals surface area contributed by atoms with Crippen LogP contribution in [0.25, 0.3) is 10.9 Å². The quantitative estimate of drug-likeness (QED) is 0.474. The molecule has 0 aliphatic heterocycles. The smallest absolute Gasteiger partial charge is 0.134 e. The highest BCUT2D eigenvalue weighted by Gasteiger charge is 2.14. The number of aromatic nitrogens is 1. The van der Waals surface area contributed by atoms with Crippen LogP contribution in [0.3, 0.4) is 0 Å². The molecule has 1 heterocycles. The molecule has 1 aliphatic rings. The number of rotatable bonds is 9. The predicted octanol–water partition coefficient (Wildman–Crippen LogP) is 5.56. The number of nitrogens with zero attached hydrogens (tertiary/aromatic N) is 1. The molecule has 2 aromatic carbocycles. The second-order valence-electron chi connectivity index (χ2n) is 8.15. The van der Waals surface area contributed by atoms with E-state index in [0.717, 1.165) is 40.0 Å². The summed E-state index contributed by atoms with van der Waals surface area (Å²) >= 11 is 0. The average molecular weight is 405 g/mol. The lowest BCUT2D eigenvalue weighted by molar-refractivity contribution is 0.116. The number of hydrogen-bond acceptors (Lipinski definition) is 4. The molecule has 158 valence electrons. The van der Waals surface area contributed by atoms with Crippen molar-refractivity contribution >= 4 is 10.9 Å². The second-order valence-corrected chi connectivity index (χ2v) is 8.15. The first kappa shape index (κ1) is 20.8. The van der Waals surface area contributed by atoms with Gasteiger partial charge in [-0.2, -0.15) is 0 Å². The molecule has 3 aromatic rings. The number of hydrogen-bond donors (Lipinski definition) is 1. The average Bonchev–Trinajstić information content (AvgIpc) is 2.80. The molecule has 1 saturated carbocycles. The molecule has 1 fully saturated rings. The zero-order valence-electron chi connectivity index (χ0n) is 17.9. The first-order valence-electron chi connectivity index (χ1n) is 11.2. The fraction of sp³-hybridized carbons (Fsp3) is 0.423. The molecule has 30 heavy (non-hydrogen) atoms. The van der Waals surface area contributed by atoms with Gasteiger partial charge in [-0.3, -0.25) is 0 Å².